The Labute approximate surface area is 109 Å². The molecule has 0 atom stereocenters. The third kappa shape index (κ3) is 1.74. The van der Waals surface area contributed by atoms with Crippen LogP contribution in [0.1, 0.15) is 28.7 Å². The van der Waals surface area contributed by atoms with Gasteiger partial charge in [-0.3, -0.25) is 0 Å². The summed E-state index contributed by atoms with van der Waals surface area (Å²) >= 11 is 0. The molecule has 18 heavy (non-hydrogen) atoms. The first-order valence-electron chi connectivity index (χ1n) is 6.75. The monoisotopic (exact) mass is 238 g/mol. The van der Waals surface area contributed by atoms with E-state index in [-0.39, 0.29) is 0 Å². The Kier molecular flexibility index (Phi) is 2.70. The molecule has 3 rings (SSSR count). The van der Waals surface area contributed by atoms with Crippen LogP contribution in [0.5, 0.6) is 0 Å². The summed E-state index contributed by atoms with van der Waals surface area (Å²) in [7, 11) is 2.16. The van der Waals surface area contributed by atoms with Crippen LogP contribution in [-0.2, 0) is 19.9 Å². The number of pyridine rings is 1. The van der Waals surface area contributed by atoms with E-state index < -0.39 is 0 Å². The molecule has 1 aliphatic rings. The van der Waals surface area contributed by atoms with Crippen molar-refractivity contribution in [3.05, 3.63) is 52.7 Å². The molecule has 0 amide bonds. The Morgan fingerprint density at radius 2 is 1.89 bits per heavy atom. The second kappa shape index (κ2) is 4.24. The molecule has 1 nitrogen and oxygen atoms in total. The van der Waals surface area contributed by atoms with Crippen LogP contribution < -0.4 is 4.57 Å². The lowest BCUT2D eigenvalue weighted by Crippen LogP contribution is -2.32. The second-order valence-corrected chi connectivity index (χ2v) is 5.45. The van der Waals surface area contributed by atoms with Gasteiger partial charge in [0.25, 0.3) is 0 Å². The number of hydrogen-bond donors (Lipinski definition) is 0. The van der Waals surface area contributed by atoms with Crippen molar-refractivity contribution in [1.29, 1.82) is 0 Å². The van der Waals surface area contributed by atoms with E-state index in [1.807, 2.05) is 0 Å². The maximum absolute atomic E-state index is 2.29. The number of aromatic nitrogens is 1. The molecule has 0 fully saturated rings. The second-order valence-electron chi connectivity index (χ2n) is 5.45. The molecule has 0 saturated heterocycles. The van der Waals surface area contributed by atoms with E-state index in [9.17, 15) is 0 Å². The third-order valence-electron chi connectivity index (χ3n) is 4.04. The molecule has 0 saturated carbocycles. The highest BCUT2D eigenvalue weighted by molar-refractivity contribution is 5.66. The van der Waals surface area contributed by atoms with E-state index in [0.29, 0.717) is 0 Å². The van der Waals surface area contributed by atoms with Crippen molar-refractivity contribution in [2.45, 2.75) is 33.1 Å². The normalized spacial score (nSPS) is 13.7. The van der Waals surface area contributed by atoms with Gasteiger partial charge >= 0.3 is 0 Å². The largest absolute Gasteiger partial charge is 0.216 e. The van der Waals surface area contributed by atoms with Crippen molar-refractivity contribution >= 4 is 0 Å². The maximum Gasteiger partial charge on any atom is 0.216 e. The zero-order valence-corrected chi connectivity index (χ0v) is 11.5. The molecule has 2 aromatic rings. The summed E-state index contributed by atoms with van der Waals surface area (Å²) < 4.78 is 2.28. The molecule has 1 aromatic heterocycles. The number of benzene rings is 1. The van der Waals surface area contributed by atoms with Crippen LogP contribution in [0.15, 0.2) is 30.5 Å². The minimum absolute atomic E-state index is 1.23. The molecule has 1 aliphatic carbocycles. The fourth-order valence-electron chi connectivity index (χ4n) is 3.14. The smallest absolute Gasteiger partial charge is 0.201 e. The fraction of sp³-hybridized carbons (Fsp3) is 0.353. The van der Waals surface area contributed by atoms with E-state index >= 15 is 0 Å². The summed E-state index contributed by atoms with van der Waals surface area (Å²) in [4.78, 5) is 0. The highest BCUT2D eigenvalue weighted by Crippen LogP contribution is 2.31. The van der Waals surface area contributed by atoms with Gasteiger partial charge in [0.1, 0.15) is 7.05 Å². The summed E-state index contributed by atoms with van der Waals surface area (Å²) in [6, 6.07) is 9.06. The average Bonchev–Trinajstić information content (AvgIpc) is 2.79. The lowest BCUT2D eigenvalue weighted by atomic mass is 9.97. The first kappa shape index (κ1) is 11.5. The average molecular weight is 238 g/mol. The Bertz CT molecular complexity index is 611. The third-order valence-corrected chi connectivity index (χ3v) is 4.04. The summed E-state index contributed by atoms with van der Waals surface area (Å²) in [5.74, 6) is 0. The van der Waals surface area contributed by atoms with Crippen LogP contribution in [0.4, 0.5) is 0 Å². The van der Waals surface area contributed by atoms with Gasteiger partial charge in [-0.25, -0.2) is 4.57 Å². The van der Waals surface area contributed by atoms with E-state index in [0.717, 1.165) is 0 Å². The summed E-state index contributed by atoms with van der Waals surface area (Å²) in [5.41, 5.74) is 8.64. The fourth-order valence-corrected chi connectivity index (χ4v) is 3.14. The minimum atomic E-state index is 1.23. The molecule has 0 aliphatic heterocycles. The van der Waals surface area contributed by atoms with Gasteiger partial charge in [-0.05, 0) is 50.3 Å². The van der Waals surface area contributed by atoms with Gasteiger partial charge in [-0.15, -0.1) is 0 Å². The van der Waals surface area contributed by atoms with Crippen molar-refractivity contribution < 1.29 is 4.57 Å². The standard InChI is InChI=1S/C17H20N/c1-12-7-8-15(13(2)11-12)17-16-6-4-5-14(16)9-10-18(17)3/h7-11H,4-6H2,1-3H3/q+1. The Hall–Kier alpha value is -1.63. The van der Waals surface area contributed by atoms with E-state index in [1.165, 1.54) is 41.6 Å². The SMILES string of the molecule is Cc1ccc(-c2c3c(cc[n+]2C)CCC3)c(C)c1. The van der Waals surface area contributed by atoms with Crippen LogP contribution in [0, 0.1) is 13.8 Å². The molecule has 0 unspecified atom stereocenters. The van der Waals surface area contributed by atoms with Crippen LogP contribution in [0.2, 0.25) is 0 Å². The Balaban J connectivity index is 2.26. The van der Waals surface area contributed by atoms with E-state index in [4.69, 9.17) is 0 Å². The predicted molar refractivity (Wildman–Crippen MR) is 74.6 cm³/mol. The van der Waals surface area contributed by atoms with Gasteiger partial charge < -0.3 is 0 Å². The molecular weight excluding hydrogens is 218 g/mol. The number of hydrogen-bond acceptors (Lipinski definition) is 0. The number of aryl methyl sites for hydroxylation is 4. The van der Waals surface area contributed by atoms with Crippen LogP contribution in [0.3, 0.4) is 0 Å². The van der Waals surface area contributed by atoms with Crippen LogP contribution >= 0.6 is 0 Å². The number of fused-ring (bicyclic) bond motifs is 1. The summed E-state index contributed by atoms with van der Waals surface area (Å²) in [6.07, 6.45) is 5.98. The zero-order valence-electron chi connectivity index (χ0n) is 11.5. The molecule has 1 heteroatoms. The van der Waals surface area contributed by atoms with Gasteiger partial charge in [0.15, 0.2) is 6.20 Å². The highest BCUT2D eigenvalue weighted by Gasteiger charge is 2.24. The molecule has 1 aromatic carbocycles. The van der Waals surface area contributed by atoms with E-state index in [2.05, 4.69) is 55.9 Å². The van der Waals surface area contributed by atoms with Crippen LogP contribution in [0.25, 0.3) is 11.3 Å². The van der Waals surface area contributed by atoms with Gasteiger partial charge in [-0.2, -0.15) is 0 Å². The lowest BCUT2D eigenvalue weighted by molar-refractivity contribution is -0.660. The lowest BCUT2D eigenvalue weighted by Gasteiger charge is -2.09. The van der Waals surface area contributed by atoms with Crippen molar-refractivity contribution in [2.75, 3.05) is 0 Å². The van der Waals surface area contributed by atoms with Crippen molar-refractivity contribution in [1.82, 2.24) is 0 Å². The van der Waals surface area contributed by atoms with Gasteiger partial charge in [0, 0.05) is 17.2 Å². The quantitative estimate of drug-likeness (QED) is 0.671. The van der Waals surface area contributed by atoms with Gasteiger partial charge in [0.2, 0.25) is 5.69 Å². The first-order chi connectivity index (χ1) is 8.66. The predicted octanol–water partition coefficient (Wildman–Crippen LogP) is 3.28. The minimum Gasteiger partial charge on any atom is -0.201 e. The first-order valence-corrected chi connectivity index (χ1v) is 6.75. The number of rotatable bonds is 1. The van der Waals surface area contributed by atoms with E-state index in [1.54, 1.807) is 11.1 Å². The zero-order chi connectivity index (χ0) is 12.7. The molecule has 0 radical (unpaired) electrons. The topological polar surface area (TPSA) is 3.88 Å². The van der Waals surface area contributed by atoms with Crippen molar-refractivity contribution in [3.8, 4) is 11.3 Å². The molecule has 0 N–H and O–H groups in total. The molecular formula is C17H20N+. The van der Waals surface area contributed by atoms with Gasteiger partial charge in [0.05, 0.1) is 0 Å². The molecule has 0 spiro atoms. The van der Waals surface area contributed by atoms with Crippen molar-refractivity contribution in [3.63, 3.8) is 0 Å². The Morgan fingerprint density at radius 1 is 1.06 bits per heavy atom. The van der Waals surface area contributed by atoms with Crippen LogP contribution in [-0.4, -0.2) is 0 Å². The highest BCUT2D eigenvalue weighted by atomic mass is 14.9. The summed E-state index contributed by atoms with van der Waals surface area (Å²) in [5, 5.41) is 0. The molecule has 92 valence electrons. The van der Waals surface area contributed by atoms with Gasteiger partial charge in [-0.1, -0.05) is 17.7 Å². The number of nitrogens with zero attached hydrogens (tertiary/aromatic N) is 1. The maximum atomic E-state index is 2.29. The molecule has 1 heterocycles. The molecule has 0 bridgehead atoms. The summed E-state index contributed by atoms with van der Waals surface area (Å²) in [6.45, 7) is 4.38. The Morgan fingerprint density at radius 3 is 2.67 bits per heavy atom. The van der Waals surface area contributed by atoms with Crippen molar-refractivity contribution in [2.24, 2.45) is 7.05 Å².